The first kappa shape index (κ1) is 10.1. The van der Waals surface area contributed by atoms with Crippen LogP contribution < -0.4 is 0 Å². The van der Waals surface area contributed by atoms with E-state index >= 15 is 0 Å². The normalized spacial score (nSPS) is 12.0. The average Bonchev–Trinajstić information content (AvgIpc) is 2.95. The molecule has 0 aromatic rings. The van der Waals surface area contributed by atoms with Crippen molar-refractivity contribution < 1.29 is 19.4 Å². The second-order valence-corrected chi connectivity index (χ2v) is 2.67. The maximum atomic E-state index is 11.0. The second-order valence-electron chi connectivity index (χ2n) is 2.67. The van der Waals surface area contributed by atoms with Gasteiger partial charge in [-0.25, -0.2) is 19.4 Å². The van der Waals surface area contributed by atoms with Crippen LogP contribution in [0, 0.1) is 0 Å². The van der Waals surface area contributed by atoms with Crippen LogP contribution in [-0.4, -0.2) is 11.9 Å². The van der Waals surface area contributed by atoms with E-state index in [-0.39, 0.29) is 11.1 Å². The average molecular weight is 196 g/mol. The second kappa shape index (κ2) is 3.82. The van der Waals surface area contributed by atoms with Crippen LogP contribution in [0.25, 0.3) is 0 Å². The van der Waals surface area contributed by atoms with Crippen LogP contribution in [0.15, 0.2) is 33.8 Å². The van der Waals surface area contributed by atoms with E-state index in [1.165, 1.54) is 13.8 Å². The smallest absolute Gasteiger partial charge is 0.242 e. The minimum Gasteiger partial charge on any atom is -0.242 e. The largest absolute Gasteiger partial charge is 0.385 e. The lowest BCUT2D eigenvalue weighted by molar-refractivity contribution is -0.252. The SMILES string of the molecule is C=C(C)C(=O)OOC(=O)C(C)=C1N=N1. The minimum atomic E-state index is -0.792. The van der Waals surface area contributed by atoms with Gasteiger partial charge in [0.05, 0.1) is 5.57 Å². The molecule has 6 nitrogen and oxygen atoms in total. The van der Waals surface area contributed by atoms with Gasteiger partial charge in [-0.1, -0.05) is 6.58 Å². The van der Waals surface area contributed by atoms with Crippen LogP contribution in [-0.2, 0) is 19.4 Å². The Hall–Kier alpha value is -1.98. The molecule has 1 aliphatic rings. The Morgan fingerprint density at radius 1 is 1.14 bits per heavy atom. The lowest BCUT2D eigenvalue weighted by Gasteiger charge is -2.00. The Bertz CT molecular complexity index is 360. The van der Waals surface area contributed by atoms with Gasteiger partial charge in [0.2, 0.25) is 5.82 Å². The molecule has 14 heavy (non-hydrogen) atoms. The summed E-state index contributed by atoms with van der Waals surface area (Å²) in [6, 6.07) is 0. The van der Waals surface area contributed by atoms with Crippen molar-refractivity contribution in [1.82, 2.24) is 0 Å². The molecular weight excluding hydrogens is 188 g/mol. The predicted molar refractivity (Wildman–Crippen MR) is 44.6 cm³/mol. The van der Waals surface area contributed by atoms with Gasteiger partial charge in [0.1, 0.15) is 0 Å². The molecule has 74 valence electrons. The van der Waals surface area contributed by atoms with Crippen molar-refractivity contribution in [3.8, 4) is 0 Å². The van der Waals surface area contributed by atoms with Crippen molar-refractivity contribution in [2.75, 3.05) is 0 Å². The number of rotatable bonds is 2. The van der Waals surface area contributed by atoms with Crippen LogP contribution in [0.5, 0.6) is 0 Å². The quantitative estimate of drug-likeness (QED) is 0.378. The summed E-state index contributed by atoms with van der Waals surface area (Å²) in [5, 5.41) is 6.86. The molecule has 0 spiro atoms. The molecule has 0 atom stereocenters. The lowest BCUT2D eigenvalue weighted by atomic mass is 10.3. The van der Waals surface area contributed by atoms with Gasteiger partial charge in [0, 0.05) is 5.57 Å². The van der Waals surface area contributed by atoms with E-state index in [0.29, 0.717) is 5.82 Å². The third-order valence-electron chi connectivity index (χ3n) is 1.38. The van der Waals surface area contributed by atoms with Crippen molar-refractivity contribution in [3.63, 3.8) is 0 Å². The zero-order valence-electron chi connectivity index (χ0n) is 7.73. The first-order chi connectivity index (χ1) is 6.52. The van der Waals surface area contributed by atoms with Gasteiger partial charge in [-0.05, 0) is 13.8 Å². The highest BCUT2D eigenvalue weighted by molar-refractivity contribution is 5.91. The summed E-state index contributed by atoms with van der Waals surface area (Å²) in [6.45, 7) is 6.21. The molecule has 0 radical (unpaired) electrons. The molecule has 0 aliphatic carbocycles. The molecule has 6 heteroatoms. The molecule has 0 aromatic carbocycles. The molecule has 1 rings (SSSR count). The zero-order valence-corrected chi connectivity index (χ0v) is 7.73. The van der Waals surface area contributed by atoms with E-state index < -0.39 is 11.9 Å². The fourth-order valence-electron chi connectivity index (χ4n) is 0.476. The van der Waals surface area contributed by atoms with Gasteiger partial charge in [0.25, 0.3) is 0 Å². The molecular formula is C8H8N2O4. The minimum absolute atomic E-state index is 0.143. The molecule has 0 bridgehead atoms. The molecule has 0 unspecified atom stereocenters. The molecule has 0 amide bonds. The highest BCUT2D eigenvalue weighted by Crippen LogP contribution is 2.21. The summed E-state index contributed by atoms with van der Waals surface area (Å²) >= 11 is 0. The van der Waals surface area contributed by atoms with E-state index in [1.807, 2.05) is 0 Å². The maximum absolute atomic E-state index is 11.0. The standard InChI is InChI=1S/C8H8N2O4/c1-4(2)7(11)13-14-8(12)5(3)6-9-10-6/h1H2,2-3H3. The monoisotopic (exact) mass is 196 g/mol. The number of hydrogen-bond acceptors (Lipinski definition) is 6. The fraction of sp³-hybridized carbons (Fsp3) is 0.250. The Morgan fingerprint density at radius 3 is 2.07 bits per heavy atom. The summed E-state index contributed by atoms with van der Waals surface area (Å²) < 4.78 is 0. The van der Waals surface area contributed by atoms with Crippen LogP contribution in [0.4, 0.5) is 0 Å². The molecule has 0 saturated carbocycles. The molecule has 0 saturated heterocycles. The van der Waals surface area contributed by atoms with Gasteiger partial charge in [-0.2, -0.15) is 0 Å². The van der Waals surface area contributed by atoms with Crippen molar-refractivity contribution in [3.05, 3.63) is 23.5 Å². The Kier molecular flexibility index (Phi) is 2.76. The van der Waals surface area contributed by atoms with Crippen molar-refractivity contribution in [2.45, 2.75) is 13.8 Å². The Labute approximate surface area is 79.8 Å². The summed E-state index contributed by atoms with van der Waals surface area (Å²) in [4.78, 5) is 30.2. The predicted octanol–water partition coefficient (Wildman–Crippen LogP) is 1.26. The van der Waals surface area contributed by atoms with Crippen LogP contribution in [0.2, 0.25) is 0 Å². The van der Waals surface area contributed by atoms with Crippen LogP contribution in [0.1, 0.15) is 13.8 Å². The highest BCUT2D eigenvalue weighted by atomic mass is 17.2. The topological polar surface area (TPSA) is 77.3 Å². The van der Waals surface area contributed by atoms with Crippen molar-refractivity contribution in [2.24, 2.45) is 10.2 Å². The van der Waals surface area contributed by atoms with Gasteiger partial charge in [0.15, 0.2) is 0 Å². The third kappa shape index (κ3) is 2.51. The Balaban J connectivity index is 2.39. The highest BCUT2D eigenvalue weighted by Gasteiger charge is 2.20. The Morgan fingerprint density at radius 2 is 1.64 bits per heavy atom. The van der Waals surface area contributed by atoms with E-state index in [0.717, 1.165) is 0 Å². The van der Waals surface area contributed by atoms with E-state index in [2.05, 4.69) is 26.6 Å². The summed E-state index contributed by atoms with van der Waals surface area (Å²) in [6.07, 6.45) is 0. The van der Waals surface area contributed by atoms with Crippen molar-refractivity contribution >= 4 is 11.9 Å². The van der Waals surface area contributed by atoms with Gasteiger partial charge in [-0.3, -0.25) is 0 Å². The maximum Gasteiger partial charge on any atom is 0.385 e. The van der Waals surface area contributed by atoms with E-state index in [9.17, 15) is 9.59 Å². The van der Waals surface area contributed by atoms with Crippen LogP contribution in [0.3, 0.4) is 0 Å². The molecule has 0 aromatic heterocycles. The number of carbonyl (C=O) groups is 2. The van der Waals surface area contributed by atoms with Gasteiger partial charge < -0.3 is 0 Å². The van der Waals surface area contributed by atoms with Gasteiger partial charge >= 0.3 is 11.9 Å². The van der Waals surface area contributed by atoms with E-state index in [4.69, 9.17) is 0 Å². The summed E-state index contributed by atoms with van der Waals surface area (Å²) in [5.41, 5.74) is 0.336. The fourth-order valence-corrected chi connectivity index (χ4v) is 0.476. The lowest BCUT2D eigenvalue weighted by Crippen LogP contribution is -2.12. The summed E-state index contributed by atoms with van der Waals surface area (Å²) in [5.74, 6) is -1.28. The number of nitrogens with zero attached hydrogens (tertiary/aromatic N) is 2. The first-order valence-electron chi connectivity index (χ1n) is 3.73. The first-order valence-corrected chi connectivity index (χ1v) is 3.73. The number of carbonyl (C=O) groups excluding carboxylic acids is 2. The van der Waals surface area contributed by atoms with Gasteiger partial charge in [-0.15, -0.1) is 10.2 Å². The molecule has 1 aliphatic heterocycles. The molecule has 1 heterocycles. The number of hydrogen-bond donors (Lipinski definition) is 0. The third-order valence-corrected chi connectivity index (χ3v) is 1.38. The molecule has 0 N–H and O–H groups in total. The zero-order chi connectivity index (χ0) is 10.7. The molecule has 0 fully saturated rings. The van der Waals surface area contributed by atoms with Crippen LogP contribution >= 0.6 is 0 Å². The van der Waals surface area contributed by atoms with Crippen molar-refractivity contribution in [1.29, 1.82) is 0 Å². The van der Waals surface area contributed by atoms with E-state index in [1.54, 1.807) is 0 Å². The summed E-state index contributed by atoms with van der Waals surface area (Å²) in [7, 11) is 0.